The third-order valence-electron chi connectivity index (χ3n) is 3.24. The highest BCUT2D eigenvalue weighted by atomic mass is 16.5. The Balaban J connectivity index is 2.09. The zero-order valence-electron chi connectivity index (χ0n) is 12.0. The van der Waals surface area contributed by atoms with Crippen LogP contribution in [0.5, 0.6) is 5.75 Å². The molecule has 0 aliphatic heterocycles. The summed E-state index contributed by atoms with van der Waals surface area (Å²) >= 11 is 0. The molecule has 4 nitrogen and oxygen atoms in total. The highest BCUT2D eigenvalue weighted by Gasteiger charge is 2.07. The summed E-state index contributed by atoms with van der Waals surface area (Å²) in [5.41, 5.74) is 8.51. The predicted molar refractivity (Wildman–Crippen MR) is 81.2 cm³/mol. The summed E-state index contributed by atoms with van der Waals surface area (Å²) in [6.07, 6.45) is -0.000588. The smallest absolute Gasteiger partial charge is 0.307 e. The van der Waals surface area contributed by atoms with Crippen LogP contribution in [0, 0.1) is 0 Å². The number of carbonyl (C=O) groups is 1. The van der Waals surface area contributed by atoms with Crippen molar-refractivity contribution in [1.82, 2.24) is 0 Å². The van der Waals surface area contributed by atoms with Crippen molar-refractivity contribution < 1.29 is 14.6 Å². The molecule has 0 spiro atoms. The standard InChI is InChI=1S/C17H19NO3/c1-12(18)13-7-4-8-16(9-13)21-11-15-6-3-2-5-14(15)10-17(19)20/h2-9,12H,10-11,18H2,1H3,(H,19,20)/t12-/m1/s1. The zero-order chi connectivity index (χ0) is 15.2. The summed E-state index contributed by atoms with van der Waals surface area (Å²) in [5, 5.41) is 8.92. The SMILES string of the molecule is C[C@@H](N)c1cccc(OCc2ccccc2CC(=O)O)c1. The van der Waals surface area contributed by atoms with Crippen molar-refractivity contribution in [3.05, 3.63) is 65.2 Å². The summed E-state index contributed by atoms with van der Waals surface area (Å²) in [6, 6.07) is 15.0. The molecule has 0 saturated carbocycles. The Kier molecular flexibility index (Phi) is 4.95. The van der Waals surface area contributed by atoms with Crippen molar-refractivity contribution in [3.8, 4) is 5.75 Å². The molecule has 0 aliphatic carbocycles. The molecule has 0 bridgehead atoms. The molecule has 2 aromatic rings. The molecule has 2 rings (SSSR count). The van der Waals surface area contributed by atoms with E-state index in [-0.39, 0.29) is 12.5 Å². The Hall–Kier alpha value is -2.33. The molecular weight excluding hydrogens is 266 g/mol. The Bertz CT molecular complexity index is 623. The van der Waals surface area contributed by atoms with Crippen LogP contribution in [0.15, 0.2) is 48.5 Å². The molecule has 0 heterocycles. The minimum Gasteiger partial charge on any atom is -0.489 e. The second-order valence-electron chi connectivity index (χ2n) is 4.99. The number of rotatable bonds is 6. The topological polar surface area (TPSA) is 72.5 Å². The van der Waals surface area contributed by atoms with Gasteiger partial charge in [0.15, 0.2) is 0 Å². The van der Waals surface area contributed by atoms with Crippen molar-refractivity contribution in [2.24, 2.45) is 5.73 Å². The van der Waals surface area contributed by atoms with Crippen LogP contribution >= 0.6 is 0 Å². The van der Waals surface area contributed by atoms with E-state index in [1.807, 2.05) is 55.5 Å². The summed E-state index contributed by atoms with van der Waals surface area (Å²) in [4.78, 5) is 10.9. The van der Waals surface area contributed by atoms with Gasteiger partial charge in [-0.05, 0) is 35.7 Å². The van der Waals surface area contributed by atoms with Crippen molar-refractivity contribution in [1.29, 1.82) is 0 Å². The van der Waals surface area contributed by atoms with Gasteiger partial charge in [0.2, 0.25) is 0 Å². The fraction of sp³-hybridized carbons (Fsp3) is 0.235. The van der Waals surface area contributed by atoms with Gasteiger partial charge in [0, 0.05) is 6.04 Å². The molecular formula is C17H19NO3. The maximum atomic E-state index is 10.9. The number of carboxylic acid groups (broad SMARTS) is 1. The second-order valence-corrected chi connectivity index (χ2v) is 4.99. The highest BCUT2D eigenvalue weighted by Crippen LogP contribution is 2.19. The Labute approximate surface area is 124 Å². The van der Waals surface area contributed by atoms with Gasteiger partial charge in [-0.2, -0.15) is 0 Å². The first-order valence-electron chi connectivity index (χ1n) is 6.83. The van der Waals surface area contributed by atoms with Crippen molar-refractivity contribution in [2.75, 3.05) is 0 Å². The Morgan fingerprint density at radius 2 is 1.90 bits per heavy atom. The molecule has 110 valence electrons. The van der Waals surface area contributed by atoms with Gasteiger partial charge in [-0.25, -0.2) is 0 Å². The van der Waals surface area contributed by atoms with Crippen LogP contribution in [0.4, 0.5) is 0 Å². The van der Waals surface area contributed by atoms with Crippen LogP contribution in [0.25, 0.3) is 0 Å². The quantitative estimate of drug-likeness (QED) is 0.856. The molecule has 4 heteroatoms. The van der Waals surface area contributed by atoms with Crippen LogP contribution in [0.1, 0.15) is 29.7 Å². The van der Waals surface area contributed by atoms with Gasteiger partial charge in [0.05, 0.1) is 6.42 Å². The maximum Gasteiger partial charge on any atom is 0.307 e. The van der Waals surface area contributed by atoms with Gasteiger partial charge in [0.25, 0.3) is 0 Å². The van der Waals surface area contributed by atoms with Crippen molar-refractivity contribution >= 4 is 5.97 Å². The van der Waals surface area contributed by atoms with Crippen molar-refractivity contribution in [3.63, 3.8) is 0 Å². The van der Waals surface area contributed by atoms with E-state index < -0.39 is 5.97 Å². The zero-order valence-corrected chi connectivity index (χ0v) is 12.0. The molecule has 0 fully saturated rings. The maximum absolute atomic E-state index is 10.9. The molecule has 0 saturated heterocycles. The number of benzene rings is 2. The third kappa shape index (κ3) is 4.33. The van der Waals surface area contributed by atoms with Gasteiger partial charge in [0.1, 0.15) is 12.4 Å². The van der Waals surface area contributed by atoms with E-state index in [2.05, 4.69) is 0 Å². The van der Waals surface area contributed by atoms with Crippen LogP contribution < -0.4 is 10.5 Å². The molecule has 0 aliphatic rings. The normalized spacial score (nSPS) is 11.9. The molecule has 3 N–H and O–H groups in total. The lowest BCUT2D eigenvalue weighted by Crippen LogP contribution is -2.07. The largest absolute Gasteiger partial charge is 0.489 e. The average molecular weight is 285 g/mol. The summed E-state index contributed by atoms with van der Waals surface area (Å²) in [6.45, 7) is 2.26. The molecule has 0 radical (unpaired) electrons. The summed E-state index contributed by atoms with van der Waals surface area (Å²) in [7, 11) is 0. The fourth-order valence-corrected chi connectivity index (χ4v) is 2.08. The number of hydrogen-bond acceptors (Lipinski definition) is 3. The van der Waals surface area contributed by atoms with Crippen LogP contribution in [0.2, 0.25) is 0 Å². The van der Waals surface area contributed by atoms with Gasteiger partial charge < -0.3 is 15.6 Å². The number of hydrogen-bond donors (Lipinski definition) is 2. The number of nitrogens with two attached hydrogens (primary N) is 1. The molecule has 1 atom stereocenters. The van der Waals surface area contributed by atoms with E-state index in [0.717, 1.165) is 22.4 Å². The molecule has 0 unspecified atom stereocenters. The molecule has 21 heavy (non-hydrogen) atoms. The van der Waals surface area contributed by atoms with Gasteiger partial charge >= 0.3 is 5.97 Å². The highest BCUT2D eigenvalue weighted by molar-refractivity contribution is 5.70. The van der Waals surface area contributed by atoms with E-state index in [0.29, 0.717) is 6.61 Å². The molecule has 0 aromatic heterocycles. The first-order chi connectivity index (χ1) is 10.1. The van der Waals surface area contributed by atoms with Crippen LogP contribution in [0.3, 0.4) is 0 Å². The summed E-state index contributed by atoms with van der Waals surface area (Å²) in [5.74, 6) is -0.115. The third-order valence-corrected chi connectivity index (χ3v) is 3.24. The minimum absolute atomic E-state index is 0.000588. The van der Waals surface area contributed by atoms with Gasteiger partial charge in [-0.15, -0.1) is 0 Å². The number of aliphatic carboxylic acids is 1. The van der Waals surface area contributed by atoms with E-state index in [9.17, 15) is 4.79 Å². The van der Waals surface area contributed by atoms with Gasteiger partial charge in [-0.3, -0.25) is 4.79 Å². The lowest BCUT2D eigenvalue weighted by Gasteiger charge is -2.12. The predicted octanol–water partition coefficient (Wildman–Crippen LogP) is 2.91. The monoisotopic (exact) mass is 285 g/mol. The average Bonchev–Trinajstić information content (AvgIpc) is 2.46. The first kappa shape index (κ1) is 15.1. The molecule has 0 amide bonds. The Morgan fingerprint density at radius 3 is 2.57 bits per heavy atom. The van der Waals surface area contributed by atoms with E-state index in [1.54, 1.807) is 0 Å². The second kappa shape index (κ2) is 6.90. The van der Waals surface area contributed by atoms with Crippen LogP contribution in [-0.4, -0.2) is 11.1 Å². The number of carboxylic acids is 1. The van der Waals surface area contributed by atoms with E-state index in [1.165, 1.54) is 0 Å². The first-order valence-corrected chi connectivity index (χ1v) is 6.83. The summed E-state index contributed by atoms with van der Waals surface area (Å²) < 4.78 is 5.76. The van der Waals surface area contributed by atoms with Crippen LogP contribution in [-0.2, 0) is 17.8 Å². The van der Waals surface area contributed by atoms with Gasteiger partial charge in [-0.1, -0.05) is 36.4 Å². The minimum atomic E-state index is -0.846. The lowest BCUT2D eigenvalue weighted by molar-refractivity contribution is -0.136. The van der Waals surface area contributed by atoms with E-state index >= 15 is 0 Å². The number of ether oxygens (including phenoxy) is 1. The lowest BCUT2D eigenvalue weighted by atomic mass is 10.1. The fourth-order valence-electron chi connectivity index (χ4n) is 2.08. The Morgan fingerprint density at radius 1 is 1.19 bits per heavy atom. The van der Waals surface area contributed by atoms with Crippen molar-refractivity contribution in [2.45, 2.75) is 26.0 Å². The molecule has 2 aromatic carbocycles. The van der Waals surface area contributed by atoms with E-state index in [4.69, 9.17) is 15.6 Å².